The Bertz CT molecular complexity index is 824. The number of nitriles is 1. The molecule has 1 aromatic carbocycles. The predicted molar refractivity (Wildman–Crippen MR) is 120 cm³/mol. The van der Waals surface area contributed by atoms with Crippen LogP contribution in [0.1, 0.15) is 71.8 Å². The summed E-state index contributed by atoms with van der Waals surface area (Å²) >= 11 is 0. The Morgan fingerprint density at radius 2 is 1.77 bits per heavy atom. The quantitative estimate of drug-likeness (QED) is 0.746. The fourth-order valence-corrected chi connectivity index (χ4v) is 5.74. The van der Waals surface area contributed by atoms with E-state index in [1.165, 1.54) is 35.7 Å². The van der Waals surface area contributed by atoms with Gasteiger partial charge in [-0.3, -0.25) is 4.79 Å². The standard InChI is InChI=1S/C21H29N3O3S.2CH4/c22-14-17-7-6-10-20(13-17)28(26,27)24-12-11-18(16-24)15-23-21(25)19-8-4-2-1-3-5-9-19;;/h6-7,10,13,18-19H,1-5,8-9,11-12,15-16H2,(H,23,25);2*1H4. The Balaban J connectivity index is 0.00000225. The van der Waals surface area contributed by atoms with E-state index in [1.807, 2.05) is 6.07 Å². The van der Waals surface area contributed by atoms with Crippen LogP contribution >= 0.6 is 0 Å². The van der Waals surface area contributed by atoms with Crippen LogP contribution in [0.3, 0.4) is 0 Å². The molecule has 30 heavy (non-hydrogen) atoms. The molecule has 1 aliphatic heterocycles. The van der Waals surface area contributed by atoms with Gasteiger partial charge in [0.15, 0.2) is 0 Å². The van der Waals surface area contributed by atoms with E-state index in [1.54, 1.807) is 12.1 Å². The molecule has 1 aliphatic carbocycles. The minimum absolute atomic E-state index is 0. The summed E-state index contributed by atoms with van der Waals surface area (Å²) in [4.78, 5) is 12.7. The molecule has 7 heteroatoms. The lowest BCUT2D eigenvalue weighted by Gasteiger charge is -2.20. The minimum Gasteiger partial charge on any atom is -0.356 e. The average Bonchev–Trinajstić information content (AvgIpc) is 3.16. The molecule has 1 atom stereocenters. The highest BCUT2D eigenvalue weighted by Gasteiger charge is 2.33. The molecule has 1 aromatic rings. The summed E-state index contributed by atoms with van der Waals surface area (Å²) in [5.74, 6) is 0.367. The zero-order chi connectivity index (χ0) is 20.0. The van der Waals surface area contributed by atoms with Crippen LogP contribution in [0.4, 0.5) is 0 Å². The van der Waals surface area contributed by atoms with Gasteiger partial charge in [-0.25, -0.2) is 8.42 Å². The number of nitrogens with one attached hydrogen (secondary N) is 1. The van der Waals surface area contributed by atoms with E-state index in [4.69, 9.17) is 5.26 Å². The lowest BCUT2D eigenvalue weighted by molar-refractivity contribution is -0.125. The number of hydrogen-bond acceptors (Lipinski definition) is 4. The molecule has 0 aromatic heterocycles. The molecule has 1 amide bonds. The molecule has 0 radical (unpaired) electrons. The monoisotopic (exact) mass is 435 g/mol. The second kappa shape index (κ2) is 12.1. The number of rotatable bonds is 5. The van der Waals surface area contributed by atoms with Gasteiger partial charge in [-0.1, -0.05) is 53.0 Å². The minimum atomic E-state index is -3.60. The van der Waals surface area contributed by atoms with E-state index in [9.17, 15) is 13.2 Å². The van der Waals surface area contributed by atoms with Crippen LogP contribution in [0.2, 0.25) is 0 Å². The molecule has 1 N–H and O–H groups in total. The van der Waals surface area contributed by atoms with Gasteiger partial charge in [0.2, 0.25) is 15.9 Å². The van der Waals surface area contributed by atoms with Crippen LogP contribution in [0.15, 0.2) is 29.2 Å². The number of nitrogens with zero attached hydrogens (tertiary/aromatic N) is 2. The SMILES string of the molecule is C.C.N#Cc1cccc(S(=O)(=O)N2CCC(CNC(=O)C3CCCCCCC3)C2)c1. The maximum absolute atomic E-state index is 12.8. The fraction of sp³-hybridized carbons (Fsp3) is 0.652. The van der Waals surface area contributed by atoms with Crippen LogP contribution in [0.5, 0.6) is 0 Å². The highest BCUT2D eigenvalue weighted by atomic mass is 32.2. The van der Waals surface area contributed by atoms with Crippen molar-refractivity contribution in [1.82, 2.24) is 9.62 Å². The second-order valence-corrected chi connectivity index (χ2v) is 9.88. The summed E-state index contributed by atoms with van der Waals surface area (Å²) in [6.07, 6.45) is 8.61. The third-order valence-corrected chi connectivity index (χ3v) is 7.75. The molecule has 1 heterocycles. The van der Waals surface area contributed by atoms with Crippen LogP contribution in [-0.2, 0) is 14.8 Å². The van der Waals surface area contributed by atoms with Gasteiger partial charge in [0.05, 0.1) is 16.5 Å². The molecule has 1 unspecified atom stereocenters. The van der Waals surface area contributed by atoms with Crippen molar-refractivity contribution in [2.45, 2.75) is 71.1 Å². The number of benzene rings is 1. The molecule has 0 spiro atoms. The first-order valence-electron chi connectivity index (χ1n) is 10.3. The Hall–Kier alpha value is -1.91. The van der Waals surface area contributed by atoms with Gasteiger partial charge in [0.25, 0.3) is 0 Å². The Kier molecular flexibility index (Phi) is 10.5. The number of carbonyl (C=O) groups excluding carboxylic acids is 1. The molecule has 3 rings (SSSR count). The molecule has 0 bridgehead atoms. The Labute approximate surface area is 182 Å². The van der Waals surface area contributed by atoms with E-state index in [0.717, 1.165) is 32.1 Å². The Morgan fingerprint density at radius 3 is 2.43 bits per heavy atom. The zero-order valence-electron chi connectivity index (χ0n) is 16.3. The highest BCUT2D eigenvalue weighted by molar-refractivity contribution is 7.89. The lowest BCUT2D eigenvalue weighted by atomic mass is 9.90. The topological polar surface area (TPSA) is 90.3 Å². The molecular weight excluding hydrogens is 398 g/mol. The number of amides is 1. The first kappa shape index (κ1) is 26.1. The fourth-order valence-electron chi connectivity index (χ4n) is 4.16. The van der Waals surface area contributed by atoms with E-state index in [0.29, 0.717) is 25.2 Å². The van der Waals surface area contributed by atoms with Crippen LogP contribution in [0.25, 0.3) is 0 Å². The lowest BCUT2D eigenvalue weighted by Crippen LogP contribution is -2.36. The van der Waals surface area contributed by atoms with Gasteiger partial charge >= 0.3 is 0 Å². The van der Waals surface area contributed by atoms with Crippen molar-refractivity contribution in [3.05, 3.63) is 29.8 Å². The van der Waals surface area contributed by atoms with Gasteiger partial charge in [0, 0.05) is 25.6 Å². The predicted octanol–water partition coefficient (Wildman–Crippen LogP) is 4.32. The van der Waals surface area contributed by atoms with Gasteiger partial charge < -0.3 is 5.32 Å². The van der Waals surface area contributed by atoms with Crippen molar-refractivity contribution in [2.75, 3.05) is 19.6 Å². The third-order valence-electron chi connectivity index (χ3n) is 5.89. The van der Waals surface area contributed by atoms with Crippen molar-refractivity contribution in [3.8, 4) is 6.07 Å². The second-order valence-electron chi connectivity index (χ2n) is 7.94. The van der Waals surface area contributed by atoms with Crippen molar-refractivity contribution in [3.63, 3.8) is 0 Å². The van der Waals surface area contributed by atoms with Crippen molar-refractivity contribution in [2.24, 2.45) is 11.8 Å². The van der Waals surface area contributed by atoms with Gasteiger partial charge in [0.1, 0.15) is 0 Å². The largest absolute Gasteiger partial charge is 0.356 e. The summed E-state index contributed by atoms with van der Waals surface area (Å²) in [6, 6.07) is 8.11. The molecule has 2 fully saturated rings. The van der Waals surface area contributed by atoms with Crippen molar-refractivity contribution >= 4 is 15.9 Å². The summed E-state index contributed by atoms with van der Waals surface area (Å²) in [5.41, 5.74) is 0.336. The van der Waals surface area contributed by atoms with E-state index in [2.05, 4.69) is 5.32 Å². The van der Waals surface area contributed by atoms with Crippen LogP contribution in [-0.4, -0.2) is 38.3 Å². The zero-order valence-corrected chi connectivity index (χ0v) is 17.1. The van der Waals surface area contributed by atoms with Gasteiger partial charge in [-0.2, -0.15) is 9.57 Å². The van der Waals surface area contributed by atoms with E-state index in [-0.39, 0.29) is 37.5 Å². The molecule has 2 aliphatic rings. The molecule has 1 saturated carbocycles. The first-order chi connectivity index (χ1) is 13.5. The van der Waals surface area contributed by atoms with Crippen molar-refractivity contribution < 1.29 is 13.2 Å². The van der Waals surface area contributed by atoms with E-state index < -0.39 is 10.0 Å². The molecule has 168 valence electrons. The number of carbonyl (C=O) groups is 1. The number of sulfonamides is 1. The van der Waals surface area contributed by atoms with E-state index >= 15 is 0 Å². The normalized spacial score (nSPS) is 20.7. The summed E-state index contributed by atoms with van der Waals surface area (Å²) < 4.78 is 27.1. The maximum Gasteiger partial charge on any atom is 0.243 e. The smallest absolute Gasteiger partial charge is 0.243 e. The molecule has 6 nitrogen and oxygen atoms in total. The molecular formula is C23H37N3O3S. The maximum atomic E-state index is 12.8. The average molecular weight is 436 g/mol. The van der Waals surface area contributed by atoms with Crippen molar-refractivity contribution in [1.29, 1.82) is 5.26 Å². The molecule has 1 saturated heterocycles. The number of hydrogen-bond donors (Lipinski definition) is 1. The third kappa shape index (κ3) is 6.55. The van der Waals surface area contributed by atoms with Gasteiger partial charge in [-0.15, -0.1) is 0 Å². The summed E-state index contributed by atoms with van der Waals surface area (Å²) in [7, 11) is -3.60. The first-order valence-corrected chi connectivity index (χ1v) is 11.7. The Morgan fingerprint density at radius 1 is 1.10 bits per heavy atom. The van der Waals surface area contributed by atoms with Gasteiger partial charge in [-0.05, 0) is 43.4 Å². The summed E-state index contributed by atoms with van der Waals surface area (Å²) in [5, 5.41) is 12.1. The summed E-state index contributed by atoms with van der Waals surface area (Å²) in [6.45, 7) is 1.38. The van der Waals surface area contributed by atoms with Crippen LogP contribution < -0.4 is 5.32 Å². The van der Waals surface area contributed by atoms with Crippen LogP contribution in [0, 0.1) is 23.2 Å². The highest BCUT2D eigenvalue weighted by Crippen LogP contribution is 2.25.